The van der Waals surface area contributed by atoms with Crippen LogP contribution in [0, 0.1) is 11.2 Å². The van der Waals surface area contributed by atoms with Crippen LogP contribution in [-0.2, 0) is 18.0 Å². The second-order valence-electron chi connectivity index (χ2n) is 8.95. The molecule has 0 aliphatic heterocycles. The molecule has 1 aliphatic carbocycles. The second-order valence-corrected chi connectivity index (χ2v) is 8.95. The van der Waals surface area contributed by atoms with Crippen molar-refractivity contribution >= 4 is 11.6 Å². The Balaban J connectivity index is 1.34. The molecule has 3 aromatic heterocycles. The van der Waals surface area contributed by atoms with Gasteiger partial charge in [-0.2, -0.15) is 18.3 Å². The van der Waals surface area contributed by atoms with Gasteiger partial charge in [0.15, 0.2) is 17.4 Å². The van der Waals surface area contributed by atoms with Crippen molar-refractivity contribution in [2.45, 2.75) is 49.8 Å². The van der Waals surface area contributed by atoms with Crippen molar-refractivity contribution in [2.75, 3.05) is 5.32 Å². The summed E-state index contributed by atoms with van der Waals surface area (Å²) in [7, 11) is 0. The summed E-state index contributed by atoms with van der Waals surface area (Å²) < 4.78 is 65.0. The van der Waals surface area contributed by atoms with E-state index in [2.05, 4.69) is 30.7 Å². The highest BCUT2D eigenvalue weighted by Crippen LogP contribution is 2.43. The number of benzene rings is 1. The first-order valence-electron chi connectivity index (χ1n) is 11.6. The van der Waals surface area contributed by atoms with Crippen LogP contribution in [0.15, 0.2) is 53.1 Å². The standard InChI is InChI=1S/C24H23F4N7O2/c25-20-16(24(26,27)28)4-2-5-17(20)36-15-7-10-23(11-8-15,21-34-35-22(29)37-21)13-14-3-1-6-18(31-14)32-19-9-12-30-33-19/h1-6,9,12,15H,7-8,10-11,13H2,(H2,29,35)(H2,30,31,32,33)/t15-,23-. The van der Waals surface area contributed by atoms with Crippen LogP contribution in [0.1, 0.15) is 42.8 Å². The van der Waals surface area contributed by atoms with Gasteiger partial charge in [0.1, 0.15) is 5.82 Å². The molecule has 37 heavy (non-hydrogen) atoms. The molecule has 0 spiro atoms. The number of anilines is 2. The van der Waals surface area contributed by atoms with E-state index in [1.54, 1.807) is 18.3 Å². The number of ether oxygens (including phenoxy) is 1. The van der Waals surface area contributed by atoms with Crippen molar-refractivity contribution in [1.29, 1.82) is 5.41 Å². The molecule has 9 nitrogen and oxygen atoms in total. The maximum atomic E-state index is 14.5. The number of aromatic nitrogens is 5. The number of pyridine rings is 1. The smallest absolute Gasteiger partial charge is 0.419 e. The normalized spacial score (nSPS) is 20.1. The Kier molecular flexibility index (Phi) is 6.44. The molecule has 0 unspecified atom stereocenters. The Hall–Kier alpha value is -4.16. The number of halogens is 4. The summed E-state index contributed by atoms with van der Waals surface area (Å²) >= 11 is 0. The molecule has 0 atom stereocenters. The molecular formula is C24H23F4N7O2. The topological polar surface area (TPSA) is 128 Å². The minimum atomic E-state index is -4.81. The molecule has 1 aliphatic rings. The summed E-state index contributed by atoms with van der Waals surface area (Å²) in [5.41, 5.74) is -1.45. The zero-order valence-corrected chi connectivity index (χ0v) is 19.4. The average Bonchev–Trinajstić information content (AvgIpc) is 3.53. The molecule has 1 saturated carbocycles. The molecular weight excluding hydrogens is 494 g/mol. The number of hydrogen-bond donors (Lipinski definition) is 4. The maximum Gasteiger partial charge on any atom is 0.419 e. The highest BCUT2D eigenvalue weighted by molar-refractivity contribution is 5.50. The predicted octanol–water partition coefficient (Wildman–Crippen LogP) is 5.00. The number of rotatable bonds is 7. The van der Waals surface area contributed by atoms with Crippen molar-refractivity contribution in [2.24, 2.45) is 0 Å². The van der Waals surface area contributed by atoms with Gasteiger partial charge < -0.3 is 14.5 Å². The molecule has 194 valence electrons. The summed E-state index contributed by atoms with van der Waals surface area (Å²) in [6.07, 6.45) is -1.41. The Morgan fingerprint density at radius 3 is 2.54 bits per heavy atom. The van der Waals surface area contributed by atoms with E-state index in [1.807, 2.05) is 12.1 Å². The fourth-order valence-corrected chi connectivity index (χ4v) is 4.65. The average molecular weight is 517 g/mol. The Bertz CT molecular complexity index is 1410. The third kappa shape index (κ3) is 5.34. The SMILES string of the molecule is N=c1[nH]nc([C@]2(Cc3cccc(Nc4cc[nH]n4)n3)CC[C@@H](Oc3cccc(C(F)(F)F)c3F)CC2)o1. The molecule has 1 aromatic carbocycles. The zero-order valence-electron chi connectivity index (χ0n) is 19.4. The van der Waals surface area contributed by atoms with E-state index in [0.717, 1.165) is 11.8 Å². The fourth-order valence-electron chi connectivity index (χ4n) is 4.65. The van der Waals surface area contributed by atoms with Gasteiger partial charge >= 0.3 is 11.9 Å². The maximum absolute atomic E-state index is 14.5. The lowest BCUT2D eigenvalue weighted by Gasteiger charge is -2.37. The van der Waals surface area contributed by atoms with Crippen LogP contribution in [0.25, 0.3) is 0 Å². The molecule has 0 bridgehead atoms. The molecule has 4 aromatic rings. The van der Waals surface area contributed by atoms with Crippen LogP contribution in [-0.4, -0.2) is 31.5 Å². The van der Waals surface area contributed by atoms with Gasteiger partial charge in [-0.25, -0.2) is 19.9 Å². The number of hydrogen-bond acceptors (Lipinski definition) is 7. The first kappa shape index (κ1) is 24.5. The summed E-state index contributed by atoms with van der Waals surface area (Å²) in [6.45, 7) is 0. The van der Waals surface area contributed by atoms with Crippen LogP contribution >= 0.6 is 0 Å². The van der Waals surface area contributed by atoms with Crippen molar-refractivity contribution < 1.29 is 26.7 Å². The first-order valence-corrected chi connectivity index (χ1v) is 11.6. The van der Waals surface area contributed by atoms with E-state index in [-0.39, 0.29) is 5.68 Å². The van der Waals surface area contributed by atoms with Crippen LogP contribution in [0.4, 0.5) is 29.2 Å². The Labute approximate surface area is 207 Å². The van der Waals surface area contributed by atoms with Crippen LogP contribution in [0.2, 0.25) is 0 Å². The zero-order chi connectivity index (χ0) is 26.0. The lowest BCUT2D eigenvalue weighted by atomic mass is 9.70. The van der Waals surface area contributed by atoms with Gasteiger partial charge in [-0.1, -0.05) is 12.1 Å². The first-order chi connectivity index (χ1) is 17.7. The lowest BCUT2D eigenvalue weighted by Crippen LogP contribution is -2.38. The van der Waals surface area contributed by atoms with E-state index in [1.165, 1.54) is 6.07 Å². The second kappa shape index (κ2) is 9.71. The predicted molar refractivity (Wildman–Crippen MR) is 122 cm³/mol. The van der Waals surface area contributed by atoms with Gasteiger partial charge in [-0.05, 0) is 49.9 Å². The van der Waals surface area contributed by atoms with Crippen LogP contribution < -0.4 is 15.7 Å². The van der Waals surface area contributed by atoms with E-state index in [9.17, 15) is 17.6 Å². The molecule has 3 heterocycles. The molecule has 0 amide bonds. The largest absolute Gasteiger partial charge is 0.487 e. The van der Waals surface area contributed by atoms with Gasteiger partial charge in [-0.3, -0.25) is 5.10 Å². The van der Waals surface area contributed by atoms with E-state index >= 15 is 0 Å². The van der Waals surface area contributed by atoms with Gasteiger partial charge in [0.25, 0.3) is 0 Å². The number of nitrogens with zero attached hydrogens (tertiary/aromatic N) is 3. The molecule has 5 rings (SSSR count). The number of nitrogens with one attached hydrogen (secondary N) is 4. The minimum absolute atomic E-state index is 0.194. The molecule has 1 fully saturated rings. The van der Waals surface area contributed by atoms with Gasteiger partial charge in [0.2, 0.25) is 5.89 Å². The summed E-state index contributed by atoms with van der Waals surface area (Å²) in [5.74, 6) is -0.298. The highest BCUT2D eigenvalue weighted by atomic mass is 19.4. The van der Waals surface area contributed by atoms with E-state index in [4.69, 9.17) is 14.6 Å². The van der Waals surface area contributed by atoms with Crippen molar-refractivity contribution in [3.05, 3.63) is 77.3 Å². The van der Waals surface area contributed by atoms with Crippen LogP contribution in [0.5, 0.6) is 5.75 Å². The monoisotopic (exact) mass is 517 g/mol. The van der Waals surface area contributed by atoms with Gasteiger partial charge in [0.05, 0.1) is 17.1 Å². The molecule has 4 N–H and O–H groups in total. The fraction of sp³-hybridized carbons (Fsp3) is 0.333. The van der Waals surface area contributed by atoms with Crippen molar-refractivity contribution in [1.82, 2.24) is 25.4 Å². The molecule has 13 heteroatoms. The van der Waals surface area contributed by atoms with Crippen LogP contribution in [0.3, 0.4) is 0 Å². The molecule has 0 radical (unpaired) electrons. The van der Waals surface area contributed by atoms with E-state index < -0.39 is 34.8 Å². The highest BCUT2D eigenvalue weighted by Gasteiger charge is 2.43. The van der Waals surface area contributed by atoms with Crippen molar-refractivity contribution in [3.63, 3.8) is 0 Å². The van der Waals surface area contributed by atoms with Crippen molar-refractivity contribution in [3.8, 4) is 5.75 Å². The van der Waals surface area contributed by atoms with Gasteiger partial charge in [0, 0.05) is 24.4 Å². The summed E-state index contributed by atoms with van der Waals surface area (Å²) in [5, 5.41) is 24.3. The van der Waals surface area contributed by atoms with E-state index in [0.29, 0.717) is 55.7 Å². The third-order valence-electron chi connectivity index (χ3n) is 6.45. The van der Waals surface area contributed by atoms with Gasteiger partial charge in [-0.15, -0.1) is 5.10 Å². The third-order valence-corrected chi connectivity index (χ3v) is 6.45. The number of H-pyrrole nitrogens is 2. The lowest BCUT2D eigenvalue weighted by molar-refractivity contribution is -0.140. The summed E-state index contributed by atoms with van der Waals surface area (Å²) in [4.78, 5) is 4.67. The minimum Gasteiger partial charge on any atom is -0.487 e. The number of aromatic amines is 2. The number of alkyl halides is 3. The Morgan fingerprint density at radius 2 is 1.86 bits per heavy atom. The quantitative estimate of drug-likeness (QED) is 0.255. The molecule has 0 saturated heterocycles. The Morgan fingerprint density at radius 1 is 1.08 bits per heavy atom. The summed E-state index contributed by atoms with van der Waals surface area (Å²) in [6, 6.07) is 10.3.